The number of methoxy groups -OCH3 is 1. The van der Waals surface area contributed by atoms with Gasteiger partial charge in [-0.25, -0.2) is 15.0 Å². The number of fused-ring (bicyclic) bond motifs is 1. The van der Waals surface area contributed by atoms with Gasteiger partial charge in [0.15, 0.2) is 0 Å². The van der Waals surface area contributed by atoms with E-state index in [1.807, 2.05) is 24.4 Å². The molecular formula is C18H19N5O. The second kappa shape index (κ2) is 6.41. The molecular weight excluding hydrogens is 302 g/mol. The van der Waals surface area contributed by atoms with E-state index in [1.54, 1.807) is 13.4 Å². The van der Waals surface area contributed by atoms with E-state index in [2.05, 4.69) is 37.7 Å². The molecule has 2 aromatic heterocycles. The largest absolute Gasteiger partial charge is 0.481 e. The van der Waals surface area contributed by atoms with Gasteiger partial charge in [-0.15, -0.1) is 0 Å². The normalized spacial score (nSPS) is 17.1. The van der Waals surface area contributed by atoms with Crippen molar-refractivity contribution in [3.8, 4) is 17.0 Å². The lowest BCUT2D eigenvalue weighted by molar-refractivity contribution is 0.398. The molecule has 6 nitrogen and oxygen atoms in total. The Hall–Kier alpha value is -2.73. The molecule has 24 heavy (non-hydrogen) atoms. The van der Waals surface area contributed by atoms with Crippen LogP contribution in [0.1, 0.15) is 6.42 Å². The number of nitrogens with zero attached hydrogens (tertiary/aromatic N) is 3. The molecule has 0 amide bonds. The molecule has 0 saturated carbocycles. The summed E-state index contributed by atoms with van der Waals surface area (Å²) in [5, 5.41) is 7.92. The van der Waals surface area contributed by atoms with Gasteiger partial charge in [0, 0.05) is 35.8 Å². The summed E-state index contributed by atoms with van der Waals surface area (Å²) in [6.45, 7) is 2.01. The first-order chi connectivity index (χ1) is 11.8. The summed E-state index contributed by atoms with van der Waals surface area (Å²) in [7, 11) is 1.62. The molecule has 3 aromatic rings. The third-order valence-corrected chi connectivity index (χ3v) is 4.32. The summed E-state index contributed by atoms with van der Waals surface area (Å²) in [6, 6.07) is 10.5. The fourth-order valence-corrected chi connectivity index (χ4v) is 2.99. The molecule has 0 unspecified atom stereocenters. The number of ether oxygens (including phenoxy) is 1. The van der Waals surface area contributed by atoms with E-state index in [0.29, 0.717) is 11.9 Å². The third kappa shape index (κ3) is 2.88. The molecule has 0 spiro atoms. The van der Waals surface area contributed by atoms with E-state index in [0.717, 1.165) is 47.4 Å². The van der Waals surface area contributed by atoms with Gasteiger partial charge < -0.3 is 15.4 Å². The molecule has 1 aromatic carbocycles. The van der Waals surface area contributed by atoms with Crippen LogP contribution in [-0.4, -0.2) is 41.2 Å². The Balaban J connectivity index is 1.72. The summed E-state index contributed by atoms with van der Waals surface area (Å²) in [5.74, 6) is 1.50. The molecule has 1 fully saturated rings. The van der Waals surface area contributed by atoms with Gasteiger partial charge in [-0.3, -0.25) is 0 Å². The highest BCUT2D eigenvalue weighted by Gasteiger charge is 2.16. The highest BCUT2D eigenvalue weighted by Crippen LogP contribution is 2.27. The molecule has 1 saturated heterocycles. The van der Waals surface area contributed by atoms with E-state index in [-0.39, 0.29) is 0 Å². The Labute approximate surface area is 140 Å². The minimum Gasteiger partial charge on any atom is -0.481 e. The zero-order valence-electron chi connectivity index (χ0n) is 13.5. The quantitative estimate of drug-likeness (QED) is 0.769. The first kappa shape index (κ1) is 14.8. The highest BCUT2D eigenvalue weighted by molar-refractivity contribution is 5.92. The molecule has 0 radical (unpaired) electrons. The number of aromatic nitrogens is 3. The van der Waals surface area contributed by atoms with Crippen LogP contribution in [0.3, 0.4) is 0 Å². The van der Waals surface area contributed by atoms with Gasteiger partial charge in [0.2, 0.25) is 5.88 Å². The van der Waals surface area contributed by atoms with Crippen LogP contribution < -0.4 is 15.4 Å². The molecule has 1 aliphatic heterocycles. The number of anilines is 1. The van der Waals surface area contributed by atoms with Crippen molar-refractivity contribution in [2.24, 2.45) is 0 Å². The van der Waals surface area contributed by atoms with E-state index in [1.165, 1.54) is 0 Å². The van der Waals surface area contributed by atoms with Crippen LogP contribution in [0.25, 0.3) is 22.0 Å². The van der Waals surface area contributed by atoms with Crippen molar-refractivity contribution in [3.05, 3.63) is 42.9 Å². The van der Waals surface area contributed by atoms with Gasteiger partial charge in [-0.2, -0.15) is 0 Å². The zero-order valence-corrected chi connectivity index (χ0v) is 13.5. The minimum atomic E-state index is 0.411. The molecule has 3 heterocycles. The Morgan fingerprint density at radius 2 is 2.04 bits per heavy atom. The molecule has 4 rings (SSSR count). The maximum Gasteiger partial charge on any atom is 0.212 e. The highest BCUT2D eigenvalue weighted by atomic mass is 16.5. The SMILES string of the molecule is COc1ccc(-c2ccc3ncnc(N[C@H]4CCNC4)c3c2)cn1. The van der Waals surface area contributed by atoms with Gasteiger partial charge >= 0.3 is 0 Å². The van der Waals surface area contributed by atoms with Gasteiger partial charge in [-0.1, -0.05) is 6.07 Å². The van der Waals surface area contributed by atoms with Gasteiger partial charge in [0.1, 0.15) is 12.1 Å². The molecule has 1 aliphatic rings. The van der Waals surface area contributed by atoms with Crippen LogP contribution in [0.15, 0.2) is 42.9 Å². The summed E-state index contributed by atoms with van der Waals surface area (Å²) >= 11 is 0. The third-order valence-electron chi connectivity index (χ3n) is 4.32. The van der Waals surface area contributed by atoms with Crippen LogP contribution in [0.2, 0.25) is 0 Å². The van der Waals surface area contributed by atoms with Crippen molar-refractivity contribution in [1.82, 2.24) is 20.3 Å². The monoisotopic (exact) mass is 321 g/mol. The van der Waals surface area contributed by atoms with Crippen LogP contribution in [0.4, 0.5) is 5.82 Å². The number of nitrogens with one attached hydrogen (secondary N) is 2. The maximum atomic E-state index is 5.12. The smallest absolute Gasteiger partial charge is 0.212 e. The average molecular weight is 321 g/mol. The summed E-state index contributed by atoms with van der Waals surface area (Å²) < 4.78 is 5.12. The fourth-order valence-electron chi connectivity index (χ4n) is 2.99. The van der Waals surface area contributed by atoms with Crippen molar-refractivity contribution in [3.63, 3.8) is 0 Å². The lowest BCUT2D eigenvalue weighted by atomic mass is 10.0. The van der Waals surface area contributed by atoms with Crippen LogP contribution in [0.5, 0.6) is 5.88 Å². The van der Waals surface area contributed by atoms with Crippen molar-refractivity contribution in [2.45, 2.75) is 12.5 Å². The Bertz CT molecular complexity index is 844. The van der Waals surface area contributed by atoms with E-state index >= 15 is 0 Å². The maximum absolute atomic E-state index is 5.12. The molecule has 2 N–H and O–H groups in total. The van der Waals surface area contributed by atoms with Crippen molar-refractivity contribution in [2.75, 3.05) is 25.5 Å². The standard InChI is InChI=1S/C18H19N5O/c1-24-17-5-3-13(9-20-17)12-2-4-16-15(8-12)18(22-11-21-16)23-14-6-7-19-10-14/h2-5,8-9,11,14,19H,6-7,10H2,1H3,(H,21,22,23)/t14-/m0/s1. The number of benzene rings is 1. The molecule has 0 aliphatic carbocycles. The lowest BCUT2D eigenvalue weighted by Gasteiger charge is -2.14. The Kier molecular flexibility index (Phi) is 3.96. The van der Waals surface area contributed by atoms with Gasteiger partial charge in [-0.05, 0) is 36.7 Å². The lowest BCUT2D eigenvalue weighted by Crippen LogP contribution is -2.22. The molecule has 6 heteroatoms. The summed E-state index contributed by atoms with van der Waals surface area (Å²) in [5.41, 5.74) is 3.05. The predicted molar refractivity (Wildman–Crippen MR) is 94.2 cm³/mol. The predicted octanol–water partition coefficient (Wildman–Crippen LogP) is 2.47. The number of hydrogen-bond donors (Lipinski definition) is 2. The molecule has 1 atom stereocenters. The van der Waals surface area contributed by atoms with Crippen molar-refractivity contribution in [1.29, 1.82) is 0 Å². The number of rotatable bonds is 4. The van der Waals surface area contributed by atoms with Crippen molar-refractivity contribution < 1.29 is 4.74 Å². The van der Waals surface area contributed by atoms with E-state index in [4.69, 9.17) is 4.74 Å². The number of hydrogen-bond acceptors (Lipinski definition) is 6. The van der Waals surface area contributed by atoms with Gasteiger partial charge in [0.05, 0.1) is 12.6 Å². The summed E-state index contributed by atoms with van der Waals surface area (Å²) in [6.07, 6.45) is 4.53. The van der Waals surface area contributed by atoms with Gasteiger partial charge in [0.25, 0.3) is 0 Å². The minimum absolute atomic E-state index is 0.411. The van der Waals surface area contributed by atoms with E-state index < -0.39 is 0 Å². The van der Waals surface area contributed by atoms with Crippen LogP contribution >= 0.6 is 0 Å². The average Bonchev–Trinajstić information content (AvgIpc) is 3.15. The summed E-state index contributed by atoms with van der Waals surface area (Å²) in [4.78, 5) is 13.1. The fraction of sp³-hybridized carbons (Fsp3) is 0.278. The van der Waals surface area contributed by atoms with Crippen molar-refractivity contribution >= 4 is 16.7 Å². The van der Waals surface area contributed by atoms with Crippen LogP contribution in [-0.2, 0) is 0 Å². The first-order valence-electron chi connectivity index (χ1n) is 8.06. The first-order valence-corrected chi connectivity index (χ1v) is 8.06. The Morgan fingerprint density at radius 1 is 1.12 bits per heavy atom. The second-order valence-corrected chi connectivity index (χ2v) is 5.88. The van der Waals surface area contributed by atoms with Crippen LogP contribution in [0, 0.1) is 0 Å². The zero-order chi connectivity index (χ0) is 16.4. The number of pyridine rings is 1. The molecule has 0 bridgehead atoms. The molecule has 122 valence electrons. The van der Waals surface area contributed by atoms with E-state index in [9.17, 15) is 0 Å². The topological polar surface area (TPSA) is 72.0 Å². The second-order valence-electron chi connectivity index (χ2n) is 5.88. The Morgan fingerprint density at radius 3 is 2.79 bits per heavy atom.